The third-order valence-corrected chi connectivity index (χ3v) is 11.2. The number of hydrogen-bond donors (Lipinski definition) is 0. The molecule has 0 rings (SSSR count). The van der Waals surface area contributed by atoms with Crippen LogP contribution in [0, 0.1) is 0 Å². The van der Waals surface area contributed by atoms with E-state index in [0.29, 0.717) is 19.4 Å². The Balaban J connectivity index is 4.50. The highest BCUT2D eigenvalue weighted by molar-refractivity contribution is 5.70. The SMILES string of the molecule is CC/C=C\C/C=C\C/C=C\C/C=C\C/C=C\CCCCCC(=O)OCC(COCCCCCCC/C=C\C/C=C\C/C=C\C/C=C\CC)OC(=O)CCCCC/C=C\C/C=C\C/C=C\C/C=C\C/C=C\CC. The van der Waals surface area contributed by atoms with E-state index in [2.05, 4.69) is 191 Å². The molecule has 0 bridgehead atoms. The lowest BCUT2D eigenvalue weighted by Crippen LogP contribution is -2.30. The van der Waals surface area contributed by atoms with Crippen LogP contribution in [0.2, 0.25) is 0 Å². The fourth-order valence-electron chi connectivity index (χ4n) is 7.08. The van der Waals surface area contributed by atoms with Crippen molar-refractivity contribution in [2.45, 2.75) is 219 Å². The molecule has 5 nitrogen and oxygen atoms in total. The highest BCUT2D eigenvalue weighted by Crippen LogP contribution is 2.11. The number of ether oxygens (including phenoxy) is 3. The van der Waals surface area contributed by atoms with Crippen LogP contribution in [0.1, 0.15) is 213 Å². The van der Waals surface area contributed by atoms with Crippen molar-refractivity contribution >= 4 is 11.9 Å². The van der Waals surface area contributed by atoms with Gasteiger partial charge in [-0.15, -0.1) is 0 Å². The fraction of sp³-hybridized carbons (Fsp3) is 0.552. The zero-order valence-electron chi connectivity index (χ0n) is 46.1. The summed E-state index contributed by atoms with van der Waals surface area (Å²) in [5.41, 5.74) is 0. The molecule has 402 valence electrons. The molecule has 0 aliphatic heterocycles. The van der Waals surface area contributed by atoms with Crippen molar-refractivity contribution in [2.75, 3.05) is 19.8 Å². The van der Waals surface area contributed by atoms with Gasteiger partial charge in [-0.05, 0) is 148 Å². The van der Waals surface area contributed by atoms with Crippen LogP contribution in [0.15, 0.2) is 170 Å². The van der Waals surface area contributed by atoms with Crippen LogP contribution in [-0.4, -0.2) is 37.9 Å². The second-order valence-electron chi connectivity index (χ2n) is 18.0. The molecule has 0 aromatic rings. The fourth-order valence-corrected chi connectivity index (χ4v) is 7.08. The minimum absolute atomic E-state index is 0.0337. The molecule has 0 radical (unpaired) electrons. The van der Waals surface area contributed by atoms with Gasteiger partial charge in [-0.3, -0.25) is 9.59 Å². The van der Waals surface area contributed by atoms with E-state index < -0.39 is 6.10 Å². The molecule has 0 N–H and O–H groups in total. The normalized spacial score (nSPS) is 13.5. The molecule has 5 heteroatoms. The smallest absolute Gasteiger partial charge is 0.306 e. The lowest BCUT2D eigenvalue weighted by molar-refractivity contribution is -0.163. The molecule has 0 fully saturated rings. The molecule has 0 aromatic carbocycles. The summed E-state index contributed by atoms with van der Waals surface area (Å²) in [5.74, 6) is -0.496. The first kappa shape index (κ1) is 67.3. The van der Waals surface area contributed by atoms with Crippen LogP contribution in [0.4, 0.5) is 0 Å². The molecule has 72 heavy (non-hydrogen) atoms. The average molecular weight is 990 g/mol. The summed E-state index contributed by atoms with van der Waals surface area (Å²) in [4.78, 5) is 25.5. The third kappa shape index (κ3) is 57.8. The minimum Gasteiger partial charge on any atom is -0.462 e. The molecule has 1 unspecified atom stereocenters. The zero-order chi connectivity index (χ0) is 52.0. The summed E-state index contributed by atoms with van der Waals surface area (Å²) in [6.45, 7) is 7.35. The van der Waals surface area contributed by atoms with Gasteiger partial charge in [0.1, 0.15) is 6.61 Å². The van der Waals surface area contributed by atoms with Gasteiger partial charge >= 0.3 is 11.9 Å². The Morgan fingerprint density at radius 3 is 0.931 bits per heavy atom. The molecular formula is C67H104O5. The van der Waals surface area contributed by atoms with Crippen LogP contribution in [0.5, 0.6) is 0 Å². The summed E-state index contributed by atoms with van der Waals surface area (Å²) in [6, 6.07) is 0. The number of carbonyl (C=O) groups is 2. The Hall–Kier alpha value is -4.74. The number of esters is 2. The highest BCUT2D eigenvalue weighted by atomic mass is 16.6. The summed E-state index contributed by atoms with van der Waals surface area (Å²) >= 11 is 0. The van der Waals surface area contributed by atoms with E-state index in [4.69, 9.17) is 14.2 Å². The van der Waals surface area contributed by atoms with Crippen LogP contribution in [-0.2, 0) is 23.8 Å². The van der Waals surface area contributed by atoms with Gasteiger partial charge in [0.2, 0.25) is 0 Å². The molecule has 0 aromatic heterocycles. The van der Waals surface area contributed by atoms with E-state index in [-0.39, 0.29) is 25.2 Å². The summed E-state index contributed by atoms with van der Waals surface area (Å²) in [7, 11) is 0. The zero-order valence-corrected chi connectivity index (χ0v) is 46.1. The first-order chi connectivity index (χ1) is 35.6. The maximum atomic E-state index is 12.9. The van der Waals surface area contributed by atoms with E-state index in [1.54, 1.807) is 0 Å². The average Bonchev–Trinajstić information content (AvgIpc) is 3.38. The van der Waals surface area contributed by atoms with E-state index >= 15 is 0 Å². The number of unbranched alkanes of at least 4 members (excludes halogenated alkanes) is 11. The van der Waals surface area contributed by atoms with Gasteiger partial charge in [0.05, 0.1) is 6.61 Å². The molecule has 0 heterocycles. The van der Waals surface area contributed by atoms with Crippen molar-refractivity contribution in [1.82, 2.24) is 0 Å². The van der Waals surface area contributed by atoms with Gasteiger partial charge in [0.15, 0.2) is 6.10 Å². The second kappa shape index (κ2) is 60.6. The lowest BCUT2D eigenvalue weighted by Gasteiger charge is -2.18. The molecular weight excluding hydrogens is 885 g/mol. The topological polar surface area (TPSA) is 61.8 Å². The molecule has 0 aliphatic carbocycles. The summed E-state index contributed by atoms with van der Waals surface area (Å²) in [6.07, 6.45) is 90.9. The van der Waals surface area contributed by atoms with Gasteiger partial charge < -0.3 is 14.2 Å². The minimum atomic E-state index is -0.593. The van der Waals surface area contributed by atoms with E-state index in [9.17, 15) is 9.59 Å². The van der Waals surface area contributed by atoms with E-state index in [1.807, 2.05) is 0 Å². The number of hydrogen-bond acceptors (Lipinski definition) is 5. The number of carbonyl (C=O) groups excluding carboxylic acids is 2. The van der Waals surface area contributed by atoms with Crippen LogP contribution < -0.4 is 0 Å². The predicted octanol–water partition coefficient (Wildman–Crippen LogP) is 20.0. The molecule has 0 spiro atoms. The maximum Gasteiger partial charge on any atom is 0.306 e. The molecule has 0 saturated carbocycles. The van der Waals surface area contributed by atoms with Crippen molar-refractivity contribution in [3.63, 3.8) is 0 Å². The Labute approximate surface area is 443 Å². The maximum absolute atomic E-state index is 12.9. The largest absolute Gasteiger partial charge is 0.462 e. The molecule has 0 aliphatic rings. The third-order valence-electron chi connectivity index (χ3n) is 11.2. The number of rotatable bonds is 50. The summed E-state index contributed by atoms with van der Waals surface area (Å²) in [5, 5.41) is 0. The standard InChI is InChI=1S/C67H104O5/c1-4-7-10-13-16-19-22-25-28-31-34-36-39-42-45-48-51-54-57-60-66(68)71-64-65(63-70-62-59-56-53-50-47-44-41-38-33-30-27-24-21-18-15-12-9-6-3)72-67(69)61-58-55-52-49-46-43-40-37-35-32-29-26-23-20-17-14-11-8-5-2/h7-12,16-21,25-30,34-38,41-43,45-46,65H,4-6,13-15,22-24,31-33,39-40,44,47-64H2,1-3H3/b10-7-,11-8-,12-9-,19-16-,20-17-,21-18-,28-25-,29-26-,30-27-,36-34-,37-35-,41-38-,45-42-,46-43-. The molecule has 0 saturated heterocycles. The van der Waals surface area contributed by atoms with E-state index in [1.165, 1.54) is 19.3 Å². The Bertz CT molecular complexity index is 1640. The monoisotopic (exact) mass is 989 g/mol. The van der Waals surface area contributed by atoms with Crippen LogP contribution in [0.25, 0.3) is 0 Å². The summed E-state index contributed by atoms with van der Waals surface area (Å²) < 4.78 is 17.4. The van der Waals surface area contributed by atoms with Crippen molar-refractivity contribution in [3.05, 3.63) is 170 Å². The predicted molar refractivity (Wildman–Crippen MR) is 315 cm³/mol. The first-order valence-corrected chi connectivity index (χ1v) is 28.7. The van der Waals surface area contributed by atoms with E-state index in [0.717, 1.165) is 161 Å². The second-order valence-corrected chi connectivity index (χ2v) is 18.0. The Morgan fingerprint density at radius 2 is 0.583 bits per heavy atom. The van der Waals surface area contributed by atoms with Crippen molar-refractivity contribution in [2.24, 2.45) is 0 Å². The highest BCUT2D eigenvalue weighted by Gasteiger charge is 2.17. The van der Waals surface area contributed by atoms with Gasteiger partial charge in [-0.25, -0.2) is 0 Å². The lowest BCUT2D eigenvalue weighted by atomic mass is 10.1. The molecule has 1 atom stereocenters. The van der Waals surface area contributed by atoms with Gasteiger partial charge in [-0.1, -0.05) is 223 Å². The van der Waals surface area contributed by atoms with Gasteiger partial charge in [0.25, 0.3) is 0 Å². The Kier molecular flexibility index (Phi) is 56.6. The van der Waals surface area contributed by atoms with Crippen molar-refractivity contribution < 1.29 is 23.8 Å². The van der Waals surface area contributed by atoms with Crippen molar-refractivity contribution in [1.29, 1.82) is 0 Å². The number of allylic oxidation sites excluding steroid dienone is 28. The van der Waals surface area contributed by atoms with Crippen LogP contribution >= 0.6 is 0 Å². The van der Waals surface area contributed by atoms with Gasteiger partial charge in [-0.2, -0.15) is 0 Å². The van der Waals surface area contributed by atoms with Gasteiger partial charge in [0, 0.05) is 19.4 Å². The quantitative estimate of drug-likeness (QED) is 0.0345. The Morgan fingerprint density at radius 1 is 0.306 bits per heavy atom. The first-order valence-electron chi connectivity index (χ1n) is 28.7. The molecule has 0 amide bonds. The van der Waals surface area contributed by atoms with Crippen molar-refractivity contribution in [3.8, 4) is 0 Å². The van der Waals surface area contributed by atoms with Crippen LogP contribution in [0.3, 0.4) is 0 Å².